The van der Waals surface area contributed by atoms with Crippen LogP contribution in [-0.2, 0) is 16.2 Å². The van der Waals surface area contributed by atoms with Crippen LogP contribution in [0.2, 0.25) is 0 Å². The number of imide groups is 2. The van der Waals surface area contributed by atoms with Gasteiger partial charge in [0.1, 0.15) is 23.7 Å². The summed E-state index contributed by atoms with van der Waals surface area (Å²) in [6.07, 6.45) is 1.40. The molecule has 160 valence electrons. The molecule has 1 heterocycles. The standard InChI is InChI=1S/C24H16BrFN2O4/c25-17-6-10-19(11-7-17)28-23(30)21(22(29)27-24(28)31)13-16-2-1-3-20(12-16)32-14-15-4-8-18(26)9-5-15/h1-13H,14H2,(H,27,29,31)/b21-13+. The molecule has 0 saturated carbocycles. The van der Waals surface area contributed by atoms with Crippen molar-refractivity contribution in [3.05, 3.63) is 99.8 Å². The van der Waals surface area contributed by atoms with Crippen LogP contribution in [0.3, 0.4) is 0 Å². The van der Waals surface area contributed by atoms with Crippen LogP contribution in [-0.4, -0.2) is 17.8 Å². The number of ether oxygens (including phenoxy) is 1. The highest BCUT2D eigenvalue weighted by atomic mass is 79.9. The van der Waals surface area contributed by atoms with Crippen molar-refractivity contribution in [3.8, 4) is 5.75 Å². The Labute approximate surface area is 191 Å². The minimum absolute atomic E-state index is 0.178. The zero-order chi connectivity index (χ0) is 22.7. The Morgan fingerprint density at radius 2 is 1.69 bits per heavy atom. The van der Waals surface area contributed by atoms with E-state index in [1.54, 1.807) is 60.7 Å². The van der Waals surface area contributed by atoms with Crippen LogP contribution < -0.4 is 15.0 Å². The molecule has 1 saturated heterocycles. The van der Waals surface area contributed by atoms with Gasteiger partial charge in [-0.15, -0.1) is 0 Å². The number of urea groups is 1. The van der Waals surface area contributed by atoms with Crippen molar-refractivity contribution in [3.63, 3.8) is 0 Å². The summed E-state index contributed by atoms with van der Waals surface area (Å²) in [5.41, 5.74) is 1.50. The predicted molar refractivity (Wildman–Crippen MR) is 120 cm³/mol. The van der Waals surface area contributed by atoms with E-state index in [2.05, 4.69) is 21.2 Å². The molecule has 0 spiro atoms. The summed E-state index contributed by atoms with van der Waals surface area (Å²) in [7, 11) is 0. The van der Waals surface area contributed by atoms with Crippen LogP contribution in [0.15, 0.2) is 82.8 Å². The highest BCUT2D eigenvalue weighted by Crippen LogP contribution is 2.24. The highest BCUT2D eigenvalue weighted by molar-refractivity contribution is 9.10. The molecule has 1 N–H and O–H groups in total. The maximum atomic E-state index is 13.0. The van der Waals surface area contributed by atoms with Crippen LogP contribution in [0, 0.1) is 5.82 Å². The second kappa shape index (κ2) is 9.15. The van der Waals surface area contributed by atoms with Gasteiger partial charge in [-0.25, -0.2) is 14.1 Å². The molecule has 3 aromatic rings. The monoisotopic (exact) mass is 494 g/mol. The van der Waals surface area contributed by atoms with Crippen molar-refractivity contribution >= 4 is 45.5 Å². The Kier molecular flexibility index (Phi) is 6.13. The van der Waals surface area contributed by atoms with E-state index in [-0.39, 0.29) is 18.0 Å². The number of nitrogens with zero attached hydrogens (tertiary/aromatic N) is 1. The molecule has 0 unspecified atom stereocenters. The molecule has 1 aliphatic rings. The van der Waals surface area contributed by atoms with Crippen LogP contribution >= 0.6 is 15.9 Å². The van der Waals surface area contributed by atoms with Gasteiger partial charge in [0.2, 0.25) is 0 Å². The minimum Gasteiger partial charge on any atom is -0.489 e. The topological polar surface area (TPSA) is 75.7 Å². The van der Waals surface area contributed by atoms with Crippen molar-refractivity contribution in [2.24, 2.45) is 0 Å². The van der Waals surface area contributed by atoms with E-state index >= 15 is 0 Å². The molecule has 0 atom stereocenters. The van der Waals surface area contributed by atoms with Gasteiger partial charge in [0.15, 0.2) is 0 Å². The first-order valence-electron chi connectivity index (χ1n) is 9.55. The number of rotatable bonds is 5. The lowest BCUT2D eigenvalue weighted by molar-refractivity contribution is -0.122. The number of barbiturate groups is 1. The fourth-order valence-corrected chi connectivity index (χ4v) is 3.35. The van der Waals surface area contributed by atoms with Gasteiger partial charge in [-0.05, 0) is 65.7 Å². The molecule has 6 nitrogen and oxygen atoms in total. The number of carbonyl (C=O) groups excluding carboxylic acids is 3. The zero-order valence-electron chi connectivity index (χ0n) is 16.5. The Bertz CT molecular complexity index is 1220. The van der Waals surface area contributed by atoms with E-state index in [0.29, 0.717) is 17.0 Å². The molecule has 4 rings (SSSR count). The molecule has 1 fully saturated rings. The van der Waals surface area contributed by atoms with E-state index in [0.717, 1.165) is 14.9 Å². The van der Waals surface area contributed by atoms with Crippen LogP contribution in [0.25, 0.3) is 6.08 Å². The first-order chi connectivity index (χ1) is 15.4. The molecule has 32 heavy (non-hydrogen) atoms. The van der Waals surface area contributed by atoms with Gasteiger partial charge in [0.05, 0.1) is 5.69 Å². The molecule has 8 heteroatoms. The normalized spacial score (nSPS) is 15.1. The van der Waals surface area contributed by atoms with Crippen molar-refractivity contribution in [1.82, 2.24) is 5.32 Å². The SMILES string of the molecule is O=C1NC(=O)N(c2ccc(Br)cc2)C(=O)/C1=C/c1cccc(OCc2ccc(F)cc2)c1. The van der Waals surface area contributed by atoms with Crippen LogP contribution in [0.5, 0.6) is 5.75 Å². The second-order valence-corrected chi connectivity index (χ2v) is 7.84. The zero-order valence-corrected chi connectivity index (χ0v) is 18.1. The Morgan fingerprint density at radius 3 is 2.41 bits per heavy atom. The first-order valence-corrected chi connectivity index (χ1v) is 10.3. The largest absolute Gasteiger partial charge is 0.489 e. The number of nitrogens with one attached hydrogen (secondary N) is 1. The number of anilines is 1. The fraction of sp³-hybridized carbons (Fsp3) is 0.0417. The summed E-state index contributed by atoms with van der Waals surface area (Å²) in [6, 6.07) is 18.5. The lowest BCUT2D eigenvalue weighted by Crippen LogP contribution is -2.54. The maximum absolute atomic E-state index is 13.0. The van der Waals surface area contributed by atoms with Gasteiger partial charge >= 0.3 is 6.03 Å². The maximum Gasteiger partial charge on any atom is 0.335 e. The minimum atomic E-state index is -0.809. The van der Waals surface area contributed by atoms with Crippen molar-refractivity contribution in [1.29, 1.82) is 0 Å². The summed E-state index contributed by atoms with van der Waals surface area (Å²) in [5, 5.41) is 2.19. The molecule has 0 radical (unpaired) electrons. The smallest absolute Gasteiger partial charge is 0.335 e. The quantitative estimate of drug-likeness (QED) is 0.407. The van der Waals surface area contributed by atoms with Gasteiger partial charge in [0, 0.05) is 4.47 Å². The van der Waals surface area contributed by atoms with Gasteiger partial charge in [-0.3, -0.25) is 14.9 Å². The fourth-order valence-electron chi connectivity index (χ4n) is 3.09. The van der Waals surface area contributed by atoms with Gasteiger partial charge < -0.3 is 4.74 Å². The van der Waals surface area contributed by atoms with Gasteiger partial charge in [0.25, 0.3) is 11.8 Å². The summed E-state index contributed by atoms with van der Waals surface area (Å²) in [4.78, 5) is 38.5. The second-order valence-electron chi connectivity index (χ2n) is 6.92. The Balaban J connectivity index is 1.56. The number of amides is 4. The average molecular weight is 495 g/mol. The Morgan fingerprint density at radius 1 is 0.969 bits per heavy atom. The molecule has 3 aromatic carbocycles. The summed E-state index contributed by atoms with van der Waals surface area (Å²) in [6.45, 7) is 0.228. The van der Waals surface area contributed by atoms with E-state index < -0.39 is 17.8 Å². The number of benzene rings is 3. The molecule has 0 aliphatic carbocycles. The van der Waals surface area contributed by atoms with Crippen molar-refractivity contribution in [2.45, 2.75) is 6.61 Å². The van der Waals surface area contributed by atoms with Crippen LogP contribution in [0.1, 0.15) is 11.1 Å². The third-order valence-corrected chi connectivity index (χ3v) is 5.20. The summed E-state index contributed by atoms with van der Waals surface area (Å²) < 4.78 is 19.5. The van der Waals surface area contributed by atoms with E-state index in [4.69, 9.17) is 4.74 Å². The van der Waals surface area contributed by atoms with Gasteiger partial charge in [-0.2, -0.15) is 0 Å². The third kappa shape index (κ3) is 4.76. The molecule has 1 aliphatic heterocycles. The summed E-state index contributed by atoms with van der Waals surface area (Å²) >= 11 is 3.30. The van der Waals surface area contributed by atoms with E-state index in [9.17, 15) is 18.8 Å². The molecule has 0 bridgehead atoms. The molecule has 4 amide bonds. The number of carbonyl (C=O) groups is 3. The third-order valence-electron chi connectivity index (χ3n) is 4.67. The summed E-state index contributed by atoms with van der Waals surface area (Å²) in [5.74, 6) is -1.31. The lowest BCUT2D eigenvalue weighted by atomic mass is 10.1. The highest BCUT2D eigenvalue weighted by Gasteiger charge is 2.36. The molecular weight excluding hydrogens is 479 g/mol. The molecular formula is C24H16BrFN2O4. The van der Waals surface area contributed by atoms with Gasteiger partial charge in [-0.1, -0.05) is 40.2 Å². The van der Waals surface area contributed by atoms with Crippen molar-refractivity contribution < 1.29 is 23.5 Å². The number of hydrogen-bond donors (Lipinski definition) is 1. The number of hydrogen-bond acceptors (Lipinski definition) is 4. The molecule has 0 aromatic heterocycles. The predicted octanol–water partition coefficient (Wildman–Crippen LogP) is 4.83. The Hall–Kier alpha value is -3.78. The van der Waals surface area contributed by atoms with Crippen LogP contribution in [0.4, 0.5) is 14.9 Å². The lowest BCUT2D eigenvalue weighted by Gasteiger charge is -2.26. The van der Waals surface area contributed by atoms with E-state index in [1.807, 2.05) is 0 Å². The average Bonchev–Trinajstić information content (AvgIpc) is 2.78. The van der Waals surface area contributed by atoms with E-state index in [1.165, 1.54) is 18.2 Å². The first kappa shape index (κ1) is 21.5. The number of halogens is 2. The van der Waals surface area contributed by atoms with Crippen molar-refractivity contribution in [2.75, 3.05) is 4.90 Å².